The third-order valence-electron chi connectivity index (χ3n) is 1.60. The molecule has 0 aliphatic carbocycles. The lowest BCUT2D eigenvalue weighted by atomic mass is 10.1. The predicted octanol–water partition coefficient (Wildman–Crippen LogP) is -0.412. The highest BCUT2D eigenvalue weighted by atomic mass is 16.1. The maximum Gasteiger partial charge on any atom is 0.267 e. The average Bonchev–Trinajstić information content (AvgIpc) is 2.03. The van der Waals surface area contributed by atoms with Gasteiger partial charge in [0.25, 0.3) is 5.91 Å². The van der Waals surface area contributed by atoms with Crippen molar-refractivity contribution in [2.45, 2.75) is 6.92 Å². The molecule has 5 nitrogen and oxygen atoms in total. The Labute approximate surface area is 74.7 Å². The van der Waals surface area contributed by atoms with Crippen LogP contribution in [0, 0.1) is 6.92 Å². The topological polar surface area (TPSA) is 99.1 Å². The van der Waals surface area contributed by atoms with E-state index in [2.05, 4.69) is 4.98 Å². The highest BCUT2D eigenvalue weighted by molar-refractivity contribution is 5.95. The second-order valence-electron chi connectivity index (χ2n) is 2.62. The van der Waals surface area contributed by atoms with Crippen molar-refractivity contribution in [1.82, 2.24) is 4.98 Å². The Hall–Kier alpha value is -1.91. The molecule has 5 heteroatoms. The van der Waals surface area contributed by atoms with Crippen LogP contribution in [0.15, 0.2) is 12.3 Å². The number of nitrogens with zero attached hydrogens (tertiary/aromatic N) is 1. The van der Waals surface area contributed by atoms with Crippen LogP contribution in [0.4, 0.5) is 0 Å². The highest BCUT2D eigenvalue weighted by Crippen LogP contribution is 2.06. The van der Waals surface area contributed by atoms with Crippen LogP contribution < -0.4 is 11.5 Å². The van der Waals surface area contributed by atoms with Crippen molar-refractivity contribution in [2.75, 3.05) is 0 Å². The Bertz CT molecular complexity index is 374. The van der Waals surface area contributed by atoms with Crippen molar-refractivity contribution in [3.63, 3.8) is 0 Å². The summed E-state index contributed by atoms with van der Waals surface area (Å²) in [4.78, 5) is 25.2. The van der Waals surface area contributed by atoms with Gasteiger partial charge in [0.05, 0.1) is 5.56 Å². The van der Waals surface area contributed by atoms with Crippen LogP contribution in [0.2, 0.25) is 0 Å². The van der Waals surface area contributed by atoms with Gasteiger partial charge in [-0.1, -0.05) is 0 Å². The molecule has 0 unspecified atom stereocenters. The summed E-state index contributed by atoms with van der Waals surface area (Å²) in [7, 11) is 0. The van der Waals surface area contributed by atoms with Gasteiger partial charge in [0.15, 0.2) is 0 Å². The summed E-state index contributed by atoms with van der Waals surface area (Å²) in [5, 5.41) is 0. The van der Waals surface area contributed by atoms with Gasteiger partial charge in [-0.15, -0.1) is 0 Å². The largest absolute Gasteiger partial charge is 0.366 e. The minimum absolute atomic E-state index is 0.157. The second-order valence-corrected chi connectivity index (χ2v) is 2.62. The van der Waals surface area contributed by atoms with E-state index in [1.807, 2.05) is 0 Å². The standard InChI is InChI=1S/C8H9N3O2/c1-4-2-5(7(9)12)3-11-6(4)8(10)13/h2-3H,1H3,(H2,9,12)(H2,10,13). The second kappa shape index (κ2) is 3.22. The molecular formula is C8H9N3O2. The van der Waals surface area contributed by atoms with E-state index in [1.54, 1.807) is 6.92 Å². The van der Waals surface area contributed by atoms with Crippen molar-refractivity contribution in [1.29, 1.82) is 0 Å². The minimum atomic E-state index is -0.617. The molecule has 0 aliphatic heterocycles. The van der Waals surface area contributed by atoms with E-state index in [0.717, 1.165) is 0 Å². The number of carbonyl (C=O) groups excluding carboxylic acids is 2. The average molecular weight is 179 g/mol. The number of rotatable bonds is 2. The first-order valence-corrected chi connectivity index (χ1v) is 3.58. The first-order valence-electron chi connectivity index (χ1n) is 3.58. The molecule has 0 aromatic carbocycles. The van der Waals surface area contributed by atoms with Crippen LogP contribution in [-0.4, -0.2) is 16.8 Å². The van der Waals surface area contributed by atoms with Gasteiger partial charge in [0.1, 0.15) is 5.69 Å². The highest BCUT2D eigenvalue weighted by Gasteiger charge is 2.08. The summed E-state index contributed by atoms with van der Waals surface area (Å²) in [6.45, 7) is 1.64. The maximum absolute atomic E-state index is 10.7. The Morgan fingerprint density at radius 2 is 1.92 bits per heavy atom. The zero-order chi connectivity index (χ0) is 10.0. The van der Waals surface area contributed by atoms with E-state index in [1.165, 1.54) is 12.3 Å². The number of aryl methyl sites for hydroxylation is 1. The molecule has 0 saturated heterocycles. The molecule has 13 heavy (non-hydrogen) atoms. The van der Waals surface area contributed by atoms with E-state index in [0.29, 0.717) is 5.56 Å². The summed E-state index contributed by atoms with van der Waals surface area (Å²) in [6.07, 6.45) is 1.23. The van der Waals surface area contributed by atoms with Crippen LogP contribution in [0.25, 0.3) is 0 Å². The molecule has 1 heterocycles. The Balaban J connectivity index is 3.20. The zero-order valence-electron chi connectivity index (χ0n) is 7.07. The number of pyridine rings is 1. The predicted molar refractivity (Wildman–Crippen MR) is 46.0 cm³/mol. The molecule has 0 bridgehead atoms. The van der Waals surface area contributed by atoms with Crippen LogP contribution >= 0.6 is 0 Å². The smallest absolute Gasteiger partial charge is 0.267 e. The molecule has 1 aromatic heterocycles. The van der Waals surface area contributed by atoms with Gasteiger partial charge < -0.3 is 11.5 Å². The molecule has 1 aromatic rings. The lowest BCUT2D eigenvalue weighted by Gasteiger charge is -2.01. The fourth-order valence-electron chi connectivity index (χ4n) is 0.967. The van der Waals surface area contributed by atoms with Crippen LogP contribution in [0.3, 0.4) is 0 Å². The normalized spacial score (nSPS) is 9.62. The SMILES string of the molecule is Cc1cc(C(N)=O)cnc1C(N)=O. The molecule has 0 fully saturated rings. The lowest BCUT2D eigenvalue weighted by molar-refractivity contribution is 0.0983. The van der Waals surface area contributed by atoms with Crippen LogP contribution in [-0.2, 0) is 0 Å². The lowest BCUT2D eigenvalue weighted by Crippen LogP contribution is -2.17. The van der Waals surface area contributed by atoms with Gasteiger partial charge in [-0.3, -0.25) is 9.59 Å². The Morgan fingerprint density at radius 3 is 2.31 bits per heavy atom. The molecule has 68 valence electrons. The van der Waals surface area contributed by atoms with E-state index >= 15 is 0 Å². The van der Waals surface area contributed by atoms with E-state index in [-0.39, 0.29) is 11.3 Å². The van der Waals surface area contributed by atoms with Crippen molar-refractivity contribution in [3.8, 4) is 0 Å². The first-order chi connectivity index (χ1) is 6.02. The Morgan fingerprint density at radius 1 is 1.31 bits per heavy atom. The van der Waals surface area contributed by atoms with E-state index in [4.69, 9.17) is 11.5 Å². The fraction of sp³-hybridized carbons (Fsp3) is 0.125. The fourth-order valence-corrected chi connectivity index (χ4v) is 0.967. The summed E-state index contributed by atoms with van der Waals surface area (Å²) in [5.74, 6) is -1.19. The van der Waals surface area contributed by atoms with Gasteiger partial charge in [-0.2, -0.15) is 0 Å². The van der Waals surface area contributed by atoms with Crippen molar-refractivity contribution >= 4 is 11.8 Å². The maximum atomic E-state index is 10.7. The number of amides is 2. The van der Waals surface area contributed by atoms with Gasteiger partial charge in [0.2, 0.25) is 5.91 Å². The molecule has 0 radical (unpaired) electrons. The van der Waals surface area contributed by atoms with Crippen LogP contribution in [0.5, 0.6) is 0 Å². The number of hydrogen-bond acceptors (Lipinski definition) is 3. The number of primary amides is 2. The number of hydrogen-bond donors (Lipinski definition) is 2. The summed E-state index contributed by atoms with van der Waals surface area (Å²) in [5.41, 5.74) is 11.0. The molecule has 1 rings (SSSR count). The summed E-state index contributed by atoms with van der Waals surface area (Å²) in [6, 6.07) is 1.48. The third-order valence-corrected chi connectivity index (χ3v) is 1.60. The molecule has 4 N–H and O–H groups in total. The monoisotopic (exact) mass is 179 g/mol. The van der Waals surface area contributed by atoms with Gasteiger partial charge in [-0.25, -0.2) is 4.98 Å². The number of carbonyl (C=O) groups is 2. The number of nitrogens with two attached hydrogens (primary N) is 2. The molecular weight excluding hydrogens is 170 g/mol. The molecule has 2 amide bonds. The van der Waals surface area contributed by atoms with Crippen molar-refractivity contribution < 1.29 is 9.59 Å². The minimum Gasteiger partial charge on any atom is -0.366 e. The summed E-state index contributed by atoms with van der Waals surface area (Å²) < 4.78 is 0. The third kappa shape index (κ3) is 1.81. The molecule has 0 spiro atoms. The molecule has 0 aliphatic rings. The number of aromatic nitrogens is 1. The zero-order valence-corrected chi connectivity index (χ0v) is 7.07. The quantitative estimate of drug-likeness (QED) is 0.645. The van der Waals surface area contributed by atoms with Gasteiger partial charge >= 0.3 is 0 Å². The Kier molecular flexibility index (Phi) is 2.27. The van der Waals surface area contributed by atoms with E-state index < -0.39 is 11.8 Å². The van der Waals surface area contributed by atoms with Crippen LogP contribution in [0.1, 0.15) is 26.4 Å². The van der Waals surface area contributed by atoms with Crippen molar-refractivity contribution in [2.24, 2.45) is 11.5 Å². The van der Waals surface area contributed by atoms with Crippen molar-refractivity contribution in [3.05, 3.63) is 29.1 Å². The first kappa shape index (κ1) is 9.18. The molecule has 0 atom stereocenters. The van der Waals surface area contributed by atoms with E-state index in [9.17, 15) is 9.59 Å². The van der Waals surface area contributed by atoms with Gasteiger partial charge in [0, 0.05) is 6.20 Å². The van der Waals surface area contributed by atoms with Gasteiger partial charge in [-0.05, 0) is 18.6 Å². The molecule has 0 saturated carbocycles. The summed E-state index contributed by atoms with van der Waals surface area (Å²) >= 11 is 0.